The summed E-state index contributed by atoms with van der Waals surface area (Å²) in [4.78, 5) is 23.1. The summed E-state index contributed by atoms with van der Waals surface area (Å²) in [6, 6.07) is 13.3. The van der Waals surface area contributed by atoms with Crippen LogP contribution in [-0.4, -0.2) is 11.9 Å². The second-order valence-corrected chi connectivity index (χ2v) is 4.03. The molecule has 2 aromatic carbocycles. The van der Waals surface area contributed by atoms with E-state index in [1.54, 1.807) is 30.3 Å². The van der Waals surface area contributed by atoms with Crippen LogP contribution in [-0.2, 0) is 0 Å². The highest BCUT2D eigenvalue weighted by Crippen LogP contribution is 2.08. The van der Waals surface area contributed by atoms with Crippen molar-refractivity contribution in [2.75, 3.05) is 5.32 Å². The summed E-state index contributed by atoms with van der Waals surface area (Å²) in [5, 5.41) is 2.39. The van der Waals surface area contributed by atoms with Gasteiger partial charge in [0.2, 0.25) is 0 Å². The second kappa shape index (κ2) is 7.01. The molecule has 6 nitrogen and oxygen atoms in total. The SMILES string of the molecule is O=C(NNNC(=O)c1ccccc1)Nc1cccc(F)c1. The van der Waals surface area contributed by atoms with E-state index in [2.05, 4.69) is 21.7 Å². The zero-order chi connectivity index (χ0) is 15.1. The second-order valence-electron chi connectivity index (χ2n) is 4.03. The number of hydrogen-bond acceptors (Lipinski definition) is 3. The van der Waals surface area contributed by atoms with Crippen LogP contribution in [0.25, 0.3) is 0 Å². The van der Waals surface area contributed by atoms with Crippen LogP contribution < -0.4 is 21.7 Å². The number of hydrogen-bond donors (Lipinski definition) is 4. The van der Waals surface area contributed by atoms with E-state index in [0.29, 0.717) is 11.3 Å². The largest absolute Gasteiger partial charge is 0.334 e. The fourth-order valence-corrected chi connectivity index (χ4v) is 1.54. The lowest BCUT2D eigenvalue weighted by atomic mass is 10.2. The molecule has 0 saturated heterocycles. The Labute approximate surface area is 120 Å². The van der Waals surface area contributed by atoms with Crippen molar-refractivity contribution >= 4 is 17.6 Å². The van der Waals surface area contributed by atoms with Gasteiger partial charge in [-0.1, -0.05) is 24.3 Å². The van der Waals surface area contributed by atoms with Crippen LogP contribution in [0.1, 0.15) is 10.4 Å². The van der Waals surface area contributed by atoms with E-state index in [0.717, 1.165) is 0 Å². The Bertz CT molecular complexity index is 634. The number of benzene rings is 2. The van der Waals surface area contributed by atoms with Crippen LogP contribution in [0.4, 0.5) is 14.9 Å². The molecule has 2 aromatic rings. The molecule has 7 heteroatoms. The molecule has 0 aromatic heterocycles. The third kappa shape index (κ3) is 4.59. The van der Waals surface area contributed by atoms with Crippen molar-refractivity contribution < 1.29 is 14.0 Å². The van der Waals surface area contributed by atoms with E-state index in [1.165, 1.54) is 24.3 Å². The van der Waals surface area contributed by atoms with Gasteiger partial charge in [-0.15, -0.1) is 5.53 Å². The summed E-state index contributed by atoms with van der Waals surface area (Å²) in [5.74, 6) is -0.861. The van der Waals surface area contributed by atoms with Crippen molar-refractivity contribution in [2.24, 2.45) is 0 Å². The van der Waals surface area contributed by atoms with E-state index in [9.17, 15) is 14.0 Å². The fourth-order valence-electron chi connectivity index (χ4n) is 1.54. The minimum Gasteiger partial charge on any atom is -0.307 e. The van der Waals surface area contributed by atoms with E-state index in [4.69, 9.17) is 0 Å². The fraction of sp³-hybridized carbons (Fsp3) is 0. The zero-order valence-electron chi connectivity index (χ0n) is 10.9. The monoisotopic (exact) mass is 288 g/mol. The number of urea groups is 1. The Kier molecular flexibility index (Phi) is 4.84. The molecule has 0 atom stereocenters. The molecular formula is C14H13FN4O2. The van der Waals surface area contributed by atoms with E-state index in [-0.39, 0.29) is 0 Å². The average Bonchev–Trinajstić information content (AvgIpc) is 2.48. The van der Waals surface area contributed by atoms with Gasteiger partial charge in [0.05, 0.1) is 0 Å². The number of carbonyl (C=O) groups is 2. The predicted octanol–water partition coefficient (Wildman–Crippen LogP) is 1.80. The Balaban J connectivity index is 1.76. The summed E-state index contributed by atoms with van der Waals surface area (Å²) < 4.78 is 12.9. The normalized spacial score (nSPS) is 9.76. The van der Waals surface area contributed by atoms with E-state index >= 15 is 0 Å². The van der Waals surface area contributed by atoms with Gasteiger partial charge in [-0.2, -0.15) is 0 Å². The Morgan fingerprint density at radius 1 is 0.905 bits per heavy atom. The molecule has 0 heterocycles. The Hall–Kier alpha value is -2.93. The van der Waals surface area contributed by atoms with Crippen molar-refractivity contribution in [3.8, 4) is 0 Å². The molecule has 0 spiro atoms. The van der Waals surface area contributed by atoms with E-state index in [1.807, 2.05) is 0 Å². The number of amides is 3. The van der Waals surface area contributed by atoms with Crippen LogP contribution in [0.3, 0.4) is 0 Å². The Morgan fingerprint density at radius 2 is 1.67 bits per heavy atom. The molecule has 0 aliphatic rings. The lowest BCUT2D eigenvalue weighted by Gasteiger charge is -2.10. The van der Waals surface area contributed by atoms with Gasteiger partial charge in [0.1, 0.15) is 5.82 Å². The molecule has 0 aliphatic carbocycles. The average molecular weight is 288 g/mol. The van der Waals surface area contributed by atoms with Crippen LogP contribution in [0.5, 0.6) is 0 Å². The molecule has 2 rings (SSSR count). The van der Waals surface area contributed by atoms with Crippen LogP contribution in [0, 0.1) is 5.82 Å². The molecule has 21 heavy (non-hydrogen) atoms. The molecule has 0 radical (unpaired) electrons. The van der Waals surface area contributed by atoms with Gasteiger partial charge in [0.25, 0.3) is 5.91 Å². The smallest absolute Gasteiger partial charge is 0.307 e. The highest BCUT2D eigenvalue weighted by molar-refractivity contribution is 5.94. The van der Waals surface area contributed by atoms with Crippen molar-refractivity contribution in [3.05, 3.63) is 66.0 Å². The van der Waals surface area contributed by atoms with Gasteiger partial charge in [-0.25, -0.2) is 9.18 Å². The third-order valence-electron chi connectivity index (χ3n) is 2.47. The maximum Gasteiger partial charge on any atom is 0.334 e. The minimum atomic E-state index is -0.644. The Morgan fingerprint density at radius 3 is 2.38 bits per heavy atom. The van der Waals surface area contributed by atoms with Gasteiger partial charge in [0, 0.05) is 11.3 Å². The van der Waals surface area contributed by atoms with Crippen LogP contribution in [0.2, 0.25) is 0 Å². The summed E-state index contributed by atoms with van der Waals surface area (Å²) in [5.41, 5.74) is 7.49. The number of carbonyl (C=O) groups excluding carboxylic acids is 2. The molecule has 108 valence electrons. The quantitative estimate of drug-likeness (QED) is 0.647. The third-order valence-corrected chi connectivity index (χ3v) is 2.47. The molecule has 3 amide bonds. The van der Waals surface area contributed by atoms with Crippen LogP contribution >= 0.6 is 0 Å². The predicted molar refractivity (Wildman–Crippen MR) is 75.6 cm³/mol. The number of rotatable bonds is 4. The highest BCUT2D eigenvalue weighted by Gasteiger charge is 2.05. The van der Waals surface area contributed by atoms with Gasteiger partial charge < -0.3 is 5.32 Å². The number of halogens is 1. The maximum atomic E-state index is 12.9. The number of anilines is 1. The van der Waals surface area contributed by atoms with Crippen molar-refractivity contribution in [3.63, 3.8) is 0 Å². The molecular weight excluding hydrogens is 275 g/mol. The van der Waals surface area contributed by atoms with Crippen molar-refractivity contribution in [2.45, 2.75) is 0 Å². The first-order chi connectivity index (χ1) is 10.1. The molecule has 0 bridgehead atoms. The van der Waals surface area contributed by atoms with Crippen molar-refractivity contribution in [1.29, 1.82) is 0 Å². The molecule has 0 fully saturated rings. The minimum absolute atomic E-state index is 0.295. The van der Waals surface area contributed by atoms with Gasteiger partial charge in [-0.3, -0.25) is 15.6 Å². The molecule has 4 N–H and O–H groups in total. The standard InChI is InChI=1S/C14H13FN4O2/c15-11-7-4-8-12(9-11)16-14(21)18-19-17-13(20)10-5-2-1-3-6-10/h1-9,19H,(H,17,20)(H2,16,18,21). The first kappa shape index (κ1) is 14.5. The summed E-state index contributed by atoms with van der Waals surface area (Å²) >= 11 is 0. The summed E-state index contributed by atoms with van der Waals surface area (Å²) in [7, 11) is 0. The first-order valence-corrected chi connectivity index (χ1v) is 6.08. The van der Waals surface area contributed by atoms with E-state index < -0.39 is 17.8 Å². The van der Waals surface area contributed by atoms with Gasteiger partial charge in [-0.05, 0) is 30.3 Å². The lowest BCUT2D eigenvalue weighted by molar-refractivity contribution is 0.0927. The maximum absolute atomic E-state index is 12.9. The highest BCUT2D eigenvalue weighted by atomic mass is 19.1. The van der Waals surface area contributed by atoms with Crippen LogP contribution in [0.15, 0.2) is 54.6 Å². The number of nitrogens with one attached hydrogen (secondary N) is 4. The van der Waals surface area contributed by atoms with Crippen molar-refractivity contribution in [1.82, 2.24) is 16.4 Å². The zero-order valence-corrected chi connectivity index (χ0v) is 10.9. The summed E-state index contributed by atoms with van der Waals surface area (Å²) in [6.45, 7) is 0. The molecule has 0 unspecified atom stereocenters. The number of hydrazine groups is 2. The molecule has 0 saturated carbocycles. The lowest BCUT2D eigenvalue weighted by Crippen LogP contribution is -2.50. The topological polar surface area (TPSA) is 82.3 Å². The van der Waals surface area contributed by atoms with Gasteiger partial charge in [0.15, 0.2) is 0 Å². The first-order valence-electron chi connectivity index (χ1n) is 6.08. The van der Waals surface area contributed by atoms with Gasteiger partial charge >= 0.3 is 6.03 Å². The summed E-state index contributed by atoms with van der Waals surface area (Å²) in [6.07, 6.45) is 0. The molecule has 0 aliphatic heterocycles.